The highest BCUT2D eigenvalue weighted by Gasteiger charge is 2.37. The summed E-state index contributed by atoms with van der Waals surface area (Å²) in [6, 6.07) is 6.97. The highest BCUT2D eigenvalue weighted by molar-refractivity contribution is 5.90. The molecule has 0 unspecified atom stereocenters. The minimum Gasteiger partial charge on any atom is -0.465 e. The number of aliphatic hydroxyl groups excluding tert-OH is 1. The summed E-state index contributed by atoms with van der Waals surface area (Å²) in [5.74, 6) is -1.31. The molecule has 0 saturated carbocycles. The fourth-order valence-electron chi connectivity index (χ4n) is 3.12. The predicted molar refractivity (Wildman–Crippen MR) is 94.1 cm³/mol. The van der Waals surface area contributed by atoms with Crippen molar-refractivity contribution in [3.63, 3.8) is 0 Å². The molecule has 0 fully saturated rings. The van der Waals surface area contributed by atoms with Crippen LogP contribution in [0.4, 0.5) is 0 Å². The maximum absolute atomic E-state index is 11.7. The van der Waals surface area contributed by atoms with Gasteiger partial charge in [-0.3, -0.25) is 4.79 Å². The largest absolute Gasteiger partial charge is 0.465 e. The van der Waals surface area contributed by atoms with Gasteiger partial charge in [0.1, 0.15) is 0 Å². The maximum Gasteiger partial charge on any atom is 0.337 e. The standard InChI is InChI=1S/C19H25NO6/c1-3-25-19-14(5-4-10-21)15(11-16(26-19)17(20)22)12-6-8-13(9-7-12)18(23)24-2/h6-9,11,14-15,19,21H,3-5,10H2,1-2H3,(H2,20,22)/t14-,15-,19-/m0/s1. The van der Waals surface area contributed by atoms with Crippen molar-refractivity contribution >= 4 is 11.9 Å². The second-order valence-corrected chi connectivity index (χ2v) is 6.01. The van der Waals surface area contributed by atoms with Crippen LogP contribution in [0.5, 0.6) is 0 Å². The Hall–Kier alpha value is -2.38. The molecule has 0 bridgehead atoms. The van der Waals surface area contributed by atoms with E-state index in [1.807, 2.05) is 19.1 Å². The number of carbonyl (C=O) groups excluding carboxylic acids is 2. The van der Waals surface area contributed by atoms with E-state index in [2.05, 4.69) is 0 Å². The Morgan fingerprint density at radius 1 is 1.27 bits per heavy atom. The summed E-state index contributed by atoms with van der Waals surface area (Å²) < 4.78 is 16.0. The highest BCUT2D eigenvalue weighted by Crippen LogP contribution is 2.39. The summed E-state index contributed by atoms with van der Waals surface area (Å²) in [7, 11) is 1.33. The zero-order valence-corrected chi connectivity index (χ0v) is 15.0. The number of amides is 1. The number of aliphatic hydroxyl groups is 1. The minimum atomic E-state index is -0.661. The predicted octanol–water partition coefficient (Wildman–Crippen LogP) is 1.71. The molecule has 7 nitrogen and oxygen atoms in total. The molecule has 2 rings (SSSR count). The normalized spacial score (nSPS) is 22.3. The second kappa shape index (κ2) is 9.35. The third-order valence-electron chi connectivity index (χ3n) is 4.37. The lowest BCUT2D eigenvalue weighted by Gasteiger charge is -2.36. The molecule has 3 atom stereocenters. The number of esters is 1. The van der Waals surface area contributed by atoms with Crippen LogP contribution in [0.25, 0.3) is 0 Å². The lowest BCUT2D eigenvalue weighted by molar-refractivity contribution is -0.165. The van der Waals surface area contributed by atoms with E-state index in [1.165, 1.54) is 7.11 Å². The second-order valence-electron chi connectivity index (χ2n) is 6.01. The third kappa shape index (κ3) is 4.62. The molecule has 0 aliphatic carbocycles. The van der Waals surface area contributed by atoms with Crippen LogP contribution in [0.3, 0.4) is 0 Å². The molecule has 26 heavy (non-hydrogen) atoms. The number of rotatable bonds is 8. The van der Waals surface area contributed by atoms with Crippen LogP contribution >= 0.6 is 0 Å². The van der Waals surface area contributed by atoms with Gasteiger partial charge in [-0.15, -0.1) is 0 Å². The Labute approximate surface area is 152 Å². The van der Waals surface area contributed by atoms with E-state index in [-0.39, 0.29) is 24.2 Å². The average molecular weight is 363 g/mol. The Morgan fingerprint density at radius 2 is 1.96 bits per heavy atom. The van der Waals surface area contributed by atoms with E-state index in [0.717, 1.165) is 5.56 Å². The van der Waals surface area contributed by atoms with E-state index in [4.69, 9.17) is 19.9 Å². The molecule has 0 aromatic heterocycles. The van der Waals surface area contributed by atoms with Crippen LogP contribution in [0.15, 0.2) is 36.1 Å². The van der Waals surface area contributed by atoms with Crippen LogP contribution < -0.4 is 5.73 Å². The number of ether oxygens (including phenoxy) is 3. The molecule has 1 aromatic carbocycles. The van der Waals surface area contributed by atoms with Crippen molar-refractivity contribution in [2.24, 2.45) is 11.7 Å². The highest BCUT2D eigenvalue weighted by atomic mass is 16.7. The Bertz CT molecular complexity index is 654. The van der Waals surface area contributed by atoms with Crippen LogP contribution in [-0.2, 0) is 19.0 Å². The molecule has 142 valence electrons. The number of carbonyl (C=O) groups is 2. The van der Waals surface area contributed by atoms with Crippen molar-refractivity contribution in [2.45, 2.75) is 32.0 Å². The van der Waals surface area contributed by atoms with Crippen molar-refractivity contribution in [2.75, 3.05) is 20.3 Å². The quantitative estimate of drug-likeness (QED) is 0.681. The average Bonchev–Trinajstić information content (AvgIpc) is 2.66. The smallest absolute Gasteiger partial charge is 0.337 e. The molecular weight excluding hydrogens is 338 g/mol. The van der Waals surface area contributed by atoms with Gasteiger partial charge in [0.15, 0.2) is 5.76 Å². The lowest BCUT2D eigenvalue weighted by Crippen LogP contribution is -2.37. The van der Waals surface area contributed by atoms with Crippen molar-refractivity contribution < 1.29 is 28.9 Å². The van der Waals surface area contributed by atoms with E-state index in [9.17, 15) is 14.7 Å². The Kier molecular flexibility index (Phi) is 7.17. The first-order valence-corrected chi connectivity index (χ1v) is 8.60. The zero-order chi connectivity index (χ0) is 19.1. The fourth-order valence-corrected chi connectivity index (χ4v) is 3.12. The van der Waals surface area contributed by atoms with Crippen molar-refractivity contribution in [1.29, 1.82) is 0 Å². The molecule has 1 aliphatic rings. The zero-order valence-electron chi connectivity index (χ0n) is 15.0. The summed E-state index contributed by atoms with van der Waals surface area (Å²) in [5.41, 5.74) is 6.74. The summed E-state index contributed by atoms with van der Waals surface area (Å²) in [6.07, 6.45) is 2.28. The molecule has 0 saturated heterocycles. The van der Waals surface area contributed by atoms with E-state index in [0.29, 0.717) is 25.0 Å². The lowest BCUT2D eigenvalue weighted by atomic mass is 9.80. The topological polar surface area (TPSA) is 108 Å². The number of benzene rings is 1. The number of allylic oxidation sites excluding steroid dienone is 1. The van der Waals surface area contributed by atoms with Crippen LogP contribution in [0, 0.1) is 5.92 Å². The van der Waals surface area contributed by atoms with Gasteiger partial charge in [-0.2, -0.15) is 0 Å². The third-order valence-corrected chi connectivity index (χ3v) is 4.37. The summed E-state index contributed by atoms with van der Waals surface area (Å²) in [6.45, 7) is 2.31. The Morgan fingerprint density at radius 3 is 2.50 bits per heavy atom. The van der Waals surface area contributed by atoms with E-state index < -0.39 is 18.2 Å². The number of hydrogen-bond acceptors (Lipinski definition) is 6. The molecule has 1 aromatic rings. The summed E-state index contributed by atoms with van der Waals surface area (Å²) >= 11 is 0. The minimum absolute atomic E-state index is 0.0513. The van der Waals surface area contributed by atoms with E-state index in [1.54, 1.807) is 18.2 Å². The number of primary amides is 1. The van der Waals surface area contributed by atoms with Gasteiger partial charge < -0.3 is 25.1 Å². The fraction of sp³-hybridized carbons (Fsp3) is 0.474. The molecule has 1 heterocycles. The molecular formula is C19H25NO6. The van der Waals surface area contributed by atoms with Crippen LogP contribution in [0.2, 0.25) is 0 Å². The van der Waals surface area contributed by atoms with Crippen molar-refractivity contribution in [1.82, 2.24) is 0 Å². The van der Waals surface area contributed by atoms with Crippen molar-refractivity contribution in [3.8, 4) is 0 Å². The van der Waals surface area contributed by atoms with Crippen LogP contribution in [0.1, 0.15) is 41.6 Å². The monoisotopic (exact) mass is 363 g/mol. The molecule has 0 radical (unpaired) electrons. The number of nitrogens with two attached hydrogens (primary N) is 1. The van der Waals surface area contributed by atoms with Crippen molar-refractivity contribution in [3.05, 3.63) is 47.2 Å². The van der Waals surface area contributed by atoms with Gasteiger partial charge in [0, 0.05) is 25.0 Å². The van der Waals surface area contributed by atoms with Gasteiger partial charge in [0.2, 0.25) is 6.29 Å². The first kappa shape index (κ1) is 19.9. The number of methoxy groups -OCH3 is 1. The SMILES string of the molecule is CCO[C@H]1OC(C(N)=O)=C[C@@H](c2ccc(C(=O)OC)cc2)[C@@H]1CCCO. The first-order chi connectivity index (χ1) is 12.5. The van der Waals surface area contributed by atoms with Crippen LogP contribution in [-0.4, -0.2) is 43.6 Å². The van der Waals surface area contributed by atoms with Gasteiger partial charge in [-0.1, -0.05) is 12.1 Å². The first-order valence-electron chi connectivity index (χ1n) is 8.60. The molecule has 0 spiro atoms. The summed E-state index contributed by atoms with van der Waals surface area (Å²) in [5, 5.41) is 9.21. The van der Waals surface area contributed by atoms with Gasteiger partial charge >= 0.3 is 5.97 Å². The summed E-state index contributed by atoms with van der Waals surface area (Å²) in [4.78, 5) is 23.3. The molecule has 3 N–H and O–H groups in total. The molecule has 1 amide bonds. The molecule has 7 heteroatoms. The maximum atomic E-state index is 11.7. The van der Waals surface area contributed by atoms with E-state index >= 15 is 0 Å². The number of hydrogen-bond donors (Lipinski definition) is 2. The van der Waals surface area contributed by atoms with Gasteiger partial charge in [-0.05, 0) is 43.5 Å². The van der Waals surface area contributed by atoms with Gasteiger partial charge in [-0.25, -0.2) is 4.79 Å². The van der Waals surface area contributed by atoms with Gasteiger partial charge in [0.05, 0.1) is 12.7 Å². The molecule has 1 aliphatic heterocycles. The van der Waals surface area contributed by atoms with Gasteiger partial charge in [0.25, 0.3) is 5.91 Å². The Balaban J connectivity index is 2.38.